The van der Waals surface area contributed by atoms with Crippen molar-refractivity contribution in [1.29, 1.82) is 0 Å². The van der Waals surface area contributed by atoms with E-state index in [-0.39, 0.29) is 5.91 Å². The second-order valence-corrected chi connectivity index (χ2v) is 8.47. The lowest BCUT2D eigenvalue weighted by molar-refractivity contribution is -0.116. The normalized spacial score (nSPS) is 14.9. The zero-order valence-electron chi connectivity index (χ0n) is 15.3. The summed E-state index contributed by atoms with van der Waals surface area (Å²) < 4.78 is 31.6. The zero-order valence-corrected chi connectivity index (χ0v) is 16.2. The second kappa shape index (κ2) is 8.54. The van der Waals surface area contributed by atoms with Crippen molar-refractivity contribution in [2.75, 3.05) is 25.5 Å². The number of amides is 1. The number of sulfonamides is 1. The third kappa shape index (κ3) is 4.87. The van der Waals surface area contributed by atoms with Crippen LogP contribution in [0.15, 0.2) is 53.4 Å². The topological polar surface area (TPSA) is 75.7 Å². The summed E-state index contributed by atoms with van der Waals surface area (Å²) in [6, 6.07) is 14.0. The van der Waals surface area contributed by atoms with Crippen molar-refractivity contribution in [1.82, 2.24) is 4.31 Å². The van der Waals surface area contributed by atoms with Crippen molar-refractivity contribution in [3.05, 3.63) is 54.1 Å². The van der Waals surface area contributed by atoms with Gasteiger partial charge in [-0.05, 0) is 61.2 Å². The number of carbonyl (C=O) groups excluding carboxylic acids is 1. The summed E-state index contributed by atoms with van der Waals surface area (Å²) in [6.45, 7) is 1.19. The van der Waals surface area contributed by atoms with E-state index in [0.717, 1.165) is 24.2 Å². The Bertz CT molecular complexity index is 871. The molecule has 3 rings (SSSR count). The molecule has 1 fully saturated rings. The minimum Gasteiger partial charge on any atom is -0.497 e. The van der Waals surface area contributed by atoms with Gasteiger partial charge in [-0.15, -0.1) is 0 Å². The number of ether oxygens (including phenoxy) is 1. The predicted molar refractivity (Wildman–Crippen MR) is 104 cm³/mol. The molecule has 0 spiro atoms. The number of anilines is 1. The van der Waals surface area contributed by atoms with Gasteiger partial charge in [0, 0.05) is 25.2 Å². The fourth-order valence-electron chi connectivity index (χ4n) is 3.06. The largest absolute Gasteiger partial charge is 0.497 e. The maximum absolute atomic E-state index is 12.5. The number of nitrogens with zero attached hydrogens (tertiary/aromatic N) is 1. The molecule has 1 amide bonds. The lowest BCUT2D eigenvalue weighted by Gasteiger charge is -2.15. The molecule has 1 aliphatic rings. The second-order valence-electron chi connectivity index (χ2n) is 6.53. The van der Waals surface area contributed by atoms with Gasteiger partial charge in [-0.1, -0.05) is 12.1 Å². The Morgan fingerprint density at radius 3 is 2.26 bits per heavy atom. The number of aryl methyl sites for hydroxylation is 1. The summed E-state index contributed by atoms with van der Waals surface area (Å²) in [7, 11) is -1.80. The van der Waals surface area contributed by atoms with Crippen LogP contribution in [0, 0.1) is 0 Å². The van der Waals surface area contributed by atoms with Crippen molar-refractivity contribution in [3.8, 4) is 5.75 Å². The Hall–Kier alpha value is -2.38. The van der Waals surface area contributed by atoms with Gasteiger partial charge in [-0.2, -0.15) is 4.31 Å². The Morgan fingerprint density at radius 1 is 1.04 bits per heavy atom. The molecule has 2 aromatic carbocycles. The average Bonchev–Trinajstić information content (AvgIpc) is 3.23. The van der Waals surface area contributed by atoms with Crippen molar-refractivity contribution in [2.24, 2.45) is 0 Å². The first kappa shape index (κ1) is 19.4. The van der Waals surface area contributed by atoms with Crippen LogP contribution in [0.4, 0.5) is 5.69 Å². The van der Waals surface area contributed by atoms with E-state index in [1.807, 2.05) is 0 Å². The smallest absolute Gasteiger partial charge is 0.243 e. The lowest BCUT2D eigenvalue weighted by Crippen LogP contribution is -2.27. The van der Waals surface area contributed by atoms with Crippen LogP contribution < -0.4 is 10.1 Å². The number of hydrogen-bond acceptors (Lipinski definition) is 4. The van der Waals surface area contributed by atoms with Crippen molar-refractivity contribution in [3.63, 3.8) is 0 Å². The number of methoxy groups -OCH3 is 1. The van der Waals surface area contributed by atoms with Gasteiger partial charge in [0.05, 0.1) is 12.0 Å². The Morgan fingerprint density at radius 2 is 1.67 bits per heavy atom. The molecular weight excluding hydrogens is 364 g/mol. The number of nitrogens with one attached hydrogen (secondary N) is 1. The first-order valence-corrected chi connectivity index (χ1v) is 10.5. The van der Waals surface area contributed by atoms with Gasteiger partial charge in [0.1, 0.15) is 5.75 Å². The standard InChI is InChI=1S/C20H24N2O4S/c1-26-18-9-7-17(8-10-18)21-20(23)13-6-16-4-11-19(12-5-16)27(24,25)22-14-2-3-15-22/h4-5,7-12H,2-3,6,13-15H2,1H3,(H,21,23). The highest BCUT2D eigenvalue weighted by atomic mass is 32.2. The zero-order chi connectivity index (χ0) is 19.3. The van der Waals surface area contributed by atoms with Crippen LogP contribution in [-0.4, -0.2) is 38.8 Å². The third-order valence-corrected chi connectivity index (χ3v) is 6.55. The highest BCUT2D eigenvalue weighted by molar-refractivity contribution is 7.89. The van der Waals surface area contributed by atoms with E-state index in [0.29, 0.717) is 36.5 Å². The Balaban J connectivity index is 1.54. The molecule has 0 atom stereocenters. The van der Waals surface area contributed by atoms with Crippen LogP contribution >= 0.6 is 0 Å². The van der Waals surface area contributed by atoms with E-state index in [1.165, 1.54) is 4.31 Å². The molecule has 27 heavy (non-hydrogen) atoms. The minimum absolute atomic E-state index is 0.0890. The van der Waals surface area contributed by atoms with E-state index in [9.17, 15) is 13.2 Å². The summed E-state index contributed by atoms with van der Waals surface area (Å²) in [5.41, 5.74) is 1.65. The molecule has 1 saturated heterocycles. The first-order valence-electron chi connectivity index (χ1n) is 9.02. The van der Waals surface area contributed by atoms with Gasteiger partial charge in [0.25, 0.3) is 0 Å². The monoisotopic (exact) mass is 388 g/mol. The molecule has 7 heteroatoms. The van der Waals surface area contributed by atoms with E-state index in [2.05, 4.69) is 5.32 Å². The highest BCUT2D eigenvalue weighted by Crippen LogP contribution is 2.21. The summed E-state index contributed by atoms with van der Waals surface area (Å²) in [5, 5.41) is 2.84. The van der Waals surface area contributed by atoms with Crippen LogP contribution in [0.2, 0.25) is 0 Å². The van der Waals surface area contributed by atoms with Crippen molar-refractivity contribution >= 4 is 21.6 Å². The summed E-state index contributed by atoms with van der Waals surface area (Å²) >= 11 is 0. The van der Waals surface area contributed by atoms with Crippen molar-refractivity contribution in [2.45, 2.75) is 30.6 Å². The molecule has 0 aromatic heterocycles. The van der Waals surface area contributed by atoms with Gasteiger partial charge < -0.3 is 10.1 Å². The van der Waals surface area contributed by atoms with E-state index >= 15 is 0 Å². The summed E-state index contributed by atoms with van der Waals surface area (Å²) in [5.74, 6) is 0.644. The van der Waals surface area contributed by atoms with Crippen LogP contribution in [0.3, 0.4) is 0 Å². The van der Waals surface area contributed by atoms with Gasteiger partial charge in [0.15, 0.2) is 0 Å². The molecule has 0 bridgehead atoms. The molecule has 144 valence electrons. The minimum atomic E-state index is -3.39. The fourth-order valence-corrected chi connectivity index (χ4v) is 4.58. The Labute approximate surface area is 160 Å². The maximum atomic E-state index is 12.5. The molecule has 0 radical (unpaired) electrons. The molecule has 0 aliphatic carbocycles. The molecule has 1 heterocycles. The van der Waals surface area contributed by atoms with Gasteiger partial charge in [-0.25, -0.2) is 8.42 Å². The fraction of sp³-hybridized carbons (Fsp3) is 0.350. The number of hydrogen-bond donors (Lipinski definition) is 1. The van der Waals surface area contributed by atoms with Crippen molar-refractivity contribution < 1.29 is 17.9 Å². The van der Waals surface area contributed by atoms with Crippen LogP contribution in [-0.2, 0) is 21.2 Å². The molecule has 2 aromatic rings. The highest BCUT2D eigenvalue weighted by Gasteiger charge is 2.26. The quantitative estimate of drug-likeness (QED) is 0.791. The van der Waals surface area contributed by atoms with Crippen LogP contribution in [0.25, 0.3) is 0 Å². The van der Waals surface area contributed by atoms with Gasteiger partial charge >= 0.3 is 0 Å². The molecule has 1 N–H and O–H groups in total. The molecule has 6 nitrogen and oxygen atoms in total. The predicted octanol–water partition coefficient (Wildman–Crippen LogP) is 3.05. The van der Waals surface area contributed by atoms with Gasteiger partial charge in [-0.3, -0.25) is 4.79 Å². The lowest BCUT2D eigenvalue weighted by atomic mass is 10.1. The molecule has 1 aliphatic heterocycles. The van der Waals surface area contributed by atoms with E-state index in [4.69, 9.17) is 4.74 Å². The van der Waals surface area contributed by atoms with Crippen LogP contribution in [0.5, 0.6) is 5.75 Å². The average molecular weight is 388 g/mol. The third-order valence-electron chi connectivity index (χ3n) is 4.64. The summed E-state index contributed by atoms with van der Waals surface area (Å²) in [6.07, 6.45) is 2.71. The first-order chi connectivity index (χ1) is 13.0. The molecule has 0 saturated carbocycles. The molecule has 0 unspecified atom stereocenters. The van der Waals surface area contributed by atoms with E-state index in [1.54, 1.807) is 55.6 Å². The summed E-state index contributed by atoms with van der Waals surface area (Å²) in [4.78, 5) is 12.4. The molecular formula is C20H24N2O4S. The van der Waals surface area contributed by atoms with Gasteiger partial charge in [0.2, 0.25) is 15.9 Å². The number of benzene rings is 2. The maximum Gasteiger partial charge on any atom is 0.243 e. The van der Waals surface area contributed by atoms with Crippen LogP contribution in [0.1, 0.15) is 24.8 Å². The SMILES string of the molecule is COc1ccc(NC(=O)CCc2ccc(S(=O)(=O)N3CCCC3)cc2)cc1. The Kier molecular flexibility index (Phi) is 6.13. The number of carbonyl (C=O) groups is 1. The van der Waals surface area contributed by atoms with E-state index < -0.39 is 10.0 Å². The number of rotatable bonds is 7.